The molecule has 0 amide bonds. The smallest absolute Gasteiger partial charge is 0.339 e. The van der Waals surface area contributed by atoms with Gasteiger partial charge in [-0.15, -0.1) is 0 Å². The molecule has 0 spiro atoms. The van der Waals surface area contributed by atoms with Crippen LogP contribution in [0.5, 0.6) is 11.5 Å². The molecule has 0 aliphatic carbocycles. The Balaban J connectivity index is 2.29. The van der Waals surface area contributed by atoms with Crippen LogP contribution in [-0.2, 0) is 6.61 Å². The summed E-state index contributed by atoms with van der Waals surface area (Å²) in [6, 6.07) is 8.46. The molecule has 0 atom stereocenters. The van der Waals surface area contributed by atoms with Crippen LogP contribution in [0.15, 0.2) is 36.4 Å². The molecule has 0 saturated heterocycles. The van der Waals surface area contributed by atoms with Crippen molar-refractivity contribution in [3.63, 3.8) is 0 Å². The largest absolute Gasteiger partial charge is 0.493 e. The highest BCUT2D eigenvalue weighted by Crippen LogP contribution is 2.35. The number of hydrogen-bond donors (Lipinski definition) is 1. The normalized spacial score (nSPS) is 10.2. The van der Waals surface area contributed by atoms with E-state index < -0.39 is 5.97 Å². The Kier molecular flexibility index (Phi) is 4.65. The first-order valence-electron chi connectivity index (χ1n) is 5.99. The quantitative estimate of drug-likeness (QED) is 0.913. The van der Waals surface area contributed by atoms with Crippen LogP contribution in [0.3, 0.4) is 0 Å². The number of halogens is 2. The van der Waals surface area contributed by atoms with Gasteiger partial charge in [0.25, 0.3) is 0 Å². The van der Waals surface area contributed by atoms with E-state index in [4.69, 9.17) is 21.1 Å². The van der Waals surface area contributed by atoms with Crippen LogP contribution in [0.1, 0.15) is 15.9 Å². The Morgan fingerprint density at radius 2 is 1.95 bits per heavy atom. The number of methoxy groups -OCH3 is 1. The van der Waals surface area contributed by atoms with Gasteiger partial charge in [0.1, 0.15) is 18.0 Å². The van der Waals surface area contributed by atoms with Crippen LogP contribution >= 0.6 is 11.6 Å². The number of carbonyl (C=O) groups is 1. The van der Waals surface area contributed by atoms with Gasteiger partial charge >= 0.3 is 5.97 Å². The van der Waals surface area contributed by atoms with E-state index in [1.54, 1.807) is 12.1 Å². The molecule has 2 aromatic rings. The van der Waals surface area contributed by atoms with Crippen LogP contribution in [-0.4, -0.2) is 18.2 Å². The van der Waals surface area contributed by atoms with Crippen LogP contribution in [0, 0.1) is 5.82 Å². The highest BCUT2D eigenvalue weighted by Gasteiger charge is 2.18. The maximum atomic E-state index is 12.8. The number of benzene rings is 2. The average molecular weight is 311 g/mol. The highest BCUT2D eigenvalue weighted by atomic mass is 35.5. The Morgan fingerprint density at radius 1 is 1.29 bits per heavy atom. The molecule has 110 valence electrons. The van der Waals surface area contributed by atoms with E-state index in [9.17, 15) is 14.3 Å². The standard InChI is InChI=1S/C15H12ClFO4/c1-20-13-7-10(16)6-12(15(18)19)14(13)21-8-9-2-4-11(17)5-3-9/h2-7H,8H2,1H3,(H,18,19). The maximum absolute atomic E-state index is 12.8. The van der Waals surface area contributed by atoms with Gasteiger partial charge < -0.3 is 14.6 Å². The minimum atomic E-state index is -1.18. The molecule has 2 rings (SSSR count). The Hall–Kier alpha value is -2.27. The van der Waals surface area contributed by atoms with Gasteiger partial charge in [-0.25, -0.2) is 9.18 Å². The Labute approximate surface area is 125 Å². The lowest BCUT2D eigenvalue weighted by molar-refractivity contribution is 0.0691. The van der Waals surface area contributed by atoms with Gasteiger partial charge in [0.15, 0.2) is 11.5 Å². The number of rotatable bonds is 5. The fourth-order valence-corrected chi connectivity index (χ4v) is 1.97. The average Bonchev–Trinajstić information content (AvgIpc) is 2.46. The summed E-state index contributed by atoms with van der Waals surface area (Å²) in [5.74, 6) is -1.22. The van der Waals surface area contributed by atoms with Gasteiger partial charge in [0, 0.05) is 11.1 Å². The van der Waals surface area contributed by atoms with Crippen molar-refractivity contribution in [1.29, 1.82) is 0 Å². The predicted molar refractivity (Wildman–Crippen MR) is 75.7 cm³/mol. The summed E-state index contributed by atoms with van der Waals surface area (Å²) in [7, 11) is 1.39. The van der Waals surface area contributed by atoms with Crippen molar-refractivity contribution < 1.29 is 23.8 Å². The van der Waals surface area contributed by atoms with Crippen molar-refractivity contribution >= 4 is 17.6 Å². The zero-order valence-corrected chi connectivity index (χ0v) is 11.9. The molecule has 6 heteroatoms. The molecule has 1 N–H and O–H groups in total. The summed E-state index contributed by atoms with van der Waals surface area (Å²) in [5.41, 5.74) is 0.603. The molecule has 0 saturated carbocycles. The van der Waals surface area contributed by atoms with E-state index in [1.807, 2.05) is 0 Å². The second-order valence-corrected chi connectivity index (χ2v) is 4.64. The summed E-state index contributed by atoms with van der Waals surface area (Å²) in [5, 5.41) is 9.43. The van der Waals surface area contributed by atoms with Gasteiger partial charge in [-0.1, -0.05) is 23.7 Å². The SMILES string of the molecule is COc1cc(Cl)cc(C(=O)O)c1OCc1ccc(F)cc1. The van der Waals surface area contributed by atoms with E-state index in [0.717, 1.165) is 0 Å². The lowest BCUT2D eigenvalue weighted by Gasteiger charge is -2.14. The molecule has 0 unspecified atom stereocenters. The van der Waals surface area contributed by atoms with Crippen molar-refractivity contribution in [2.24, 2.45) is 0 Å². The second kappa shape index (κ2) is 6.45. The third kappa shape index (κ3) is 3.64. The number of carboxylic acid groups (broad SMARTS) is 1. The molecule has 0 heterocycles. The molecule has 21 heavy (non-hydrogen) atoms. The first-order chi connectivity index (χ1) is 10.0. The van der Waals surface area contributed by atoms with Crippen molar-refractivity contribution in [1.82, 2.24) is 0 Å². The number of carboxylic acids is 1. The first-order valence-corrected chi connectivity index (χ1v) is 6.37. The fraction of sp³-hybridized carbons (Fsp3) is 0.133. The van der Waals surface area contributed by atoms with Crippen LogP contribution < -0.4 is 9.47 Å². The van der Waals surface area contributed by atoms with Crippen LogP contribution in [0.4, 0.5) is 4.39 Å². The molecule has 0 fully saturated rings. The molecular weight excluding hydrogens is 299 g/mol. The highest BCUT2D eigenvalue weighted by molar-refractivity contribution is 6.31. The predicted octanol–water partition coefficient (Wildman–Crippen LogP) is 3.76. The maximum Gasteiger partial charge on any atom is 0.339 e. The zero-order valence-electron chi connectivity index (χ0n) is 11.1. The summed E-state index contributed by atoms with van der Waals surface area (Å²) in [4.78, 5) is 11.3. The van der Waals surface area contributed by atoms with E-state index in [2.05, 4.69) is 0 Å². The number of aromatic carboxylic acids is 1. The van der Waals surface area contributed by atoms with Gasteiger partial charge in [-0.2, -0.15) is 0 Å². The van der Waals surface area contributed by atoms with Crippen molar-refractivity contribution in [3.05, 3.63) is 58.4 Å². The van der Waals surface area contributed by atoms with Crippen molar-refractivity contribution in [3.8, 4) is 11.5 Å². The minimum Gasteiger partial charge on any atom is -0.493 e. The Morgan fingerprint density at radius 3 is 2.52 bits per heavy atom. The molecule has 0 aliphatic heterocycles. The molecule has 0 aromatic heterocycles. The number of ether oxygens (including phenoxy) is 2. The van der Waals surface area contributed by atoms with E-state index in [1.165, 1.54) is 31.4 Å². The summed E-state index contributed by atoms with van der Waals surface area (Å²) in [6.45, 7) is 0.0819. The molecule has 0 radical (unpaired) electrons. The van der Waals surface area contributed by atoms with Crippen LogP contribution in [0.2, 0.25) is 5.02 Å². The van der Waals surface area contributed by atoms with Gasteiger partial charge in [0.05, 0.1) is 7.11 Å². The Bertz CT molecular complexity index is 655. The zero-order chi connectivity index (χ0) is 15.4. The molecular formula is C15H12ClFO4. The van der Waals surface area contributed by atoms with Crippen molar-refractivity contribution in [2.45, 2.75) is 6.61 Å². The van der Waals surface area contributed by atoms with Gasteiger partial charge in [0.2, 0.25) is 0 Å². The van der Waals surface area contributed by atoms with Gasteiger partial charge in [-0.05, 0) is 23.8 Å². The first kappa shape index (κ1) is 15.1. The number of hydrogen-bond acceptors (Lipinski definition) is 3. The lowest BCUT2D eigenvalue weighted by atomic mass is 10.2. The molecule has 2 aromatic carbocycles. The fourth-order valence-electron chi connectivity index (χ4n) is 1.76. The van der Waals surface area contributed by atoms with E-state index in [0.29, 0.717) is 5.56 Å². The molecule has 0 bridgehead atoms. The molecule has 4 nitrogen and oxygen atoms in total. The topological polar surface area (TPSA) is 55.8 Å². The monoisotopic (exact) mass is 310 g/mol. The van der Waals surface area contributed by atoms with Crippen LogP contribution in [0.25, 0.3) is 0 Å². The van der Waals surface area contributed by atoms with E-state index in [-0.39, 0.29) is 34.5 Å². The third-order valence-corrected chi connectivity index (χ3v) is 2.98. The van der Waals surface area contributed by atoms with Gasteiger partial charge in [-0.3, -0.25) is 0 Å². The van der Waals surface area contributed by atoms with Crippen molar-refractivity contribution in [2.75, 3.05) is 7.11 Å². The lowest BCUT2D eigenvalue weighted by Crippen LogP contribution is -2.05. The third-order valence-electron chi connectivity index (χ3n) is 2.77. The summed E-state index contributed by atoms with van der Waals surface area (Å²) < 4.78 is 23.4. The summed E-state index contributed by atoms with van der Waals surface area (Å²) in [6.07, 6.45) is 0. The summed E-state index contributed by atoms with van der Waals surface area (Å²) >= 11 is 5.84. The molecule has 0 aliphatic rings. The minimum absolute atomic E-state index is 0.0819. The van der Waals surface area contributed by atoms with E-state index >= 15 is 0 Å². The second-order valence-electron chi connectivity index (χ2n) is 4.21.